The third-order valence-corrected chi connectivity index (χ3v) is 3.38. The van der Waals surface area contributed by atoms with Crippen molar-refractivity contribution in [2.75, 3.05) is 5.32 Å². The van der Waals surface area contributed by atoms with E-state index >= 15 is 0 Å². The van der Waals surface area contributed by atoms with Gasteiger partial charge in [0.2, 0.25) is 0 Å². The van der Waals surface area contributed by atoms with Gasteiger partial charge in [-0.15, -0.1) is 0 Å². The van der Waals surface area contributed by atoms with Gasteiger partial charge in [0.1, 0.15) is 11.6 Å². The van der Waals surface area contributed by atoms with Crippen LogP contribution in [0.25, 0.3) is 0 Å². The van der Waals surface area contributed by atoms with Gasteiger partial charge in [-0.1, -0.05) is 15.9 Å². The van der Waals surface area contributed by atoms with Crippen LogP contribution in [-0.4, -0.2) is 9.78 Å². The largest absolute Gasteiger partial charge is 0.364 e. The summed E-state index contributed by atoms with van der Waals surface area (Å²) in [7, 11) is 0. The molecule has 1 aromatic carbocycles. The Kier molecular flexibility index (Phi) is 4.01. The van der Waals surface area contributed by atoms with E-state index in [1.54, 1.807) is 6.07 Å². The van der Waals surface area contributed by atoms with Crippen molar-refractivity contribution in [1.82, 2.24) is 9.78 Å². The molecular weight excluding hydrogens is 297 g/mol. The van der Waals surface area contributed by atoms with Crippen molar-refractivity contribution in [2.45, 2.75) is 26.4 Å². The maximum absolute atomic E-state index is 13.1. The number of hydrogen-bond donors (Lipinski definition) is 1. The van der Waals surface area contributed by atoms with Gasteiger partial charge in [-0.05, 0) is 37.6 Å². The predicted octanol–water partition coefficient (Wildman–Crippen LogP) is 3.98. The zero-order chi connectivity index (χ0) is 13.1. The molecule has 0 amide bonds. The highest BCUT2D eigenvalue weighted by Gasteiger charge is 2.04. The van der Waals surface area contributed by atoms with Crippen LogP contribution in [0, 0.1) is 5.82 Å². The minimum Gasteiger partial charge on any atom is -0.364 e. The maximum atomic E-state index is 13.1. The molecule has 0 bridgehead atoms. The fourth-order valence-corrected chi connectivity index (χ4v) is 1.97. The summed E-state index contributed by atoms with van der Waals surface area (Å²) in [5.41, 5.74) is 0.870. The smallest absolute Gasteiger partial charge is 0.148 e. The van der Waals surface area contributed by atoms with Crippen molar-refractivity contribution in [2.24, 2.45) is 0 Å². The lowest BCUT2D eigenvalue weighted by Crippen LogP contribution is -2.04. The van der Waals surface area contributed by atoms with E-state index in [2.05, 4.69) is 40.2 Å². The number of anilines is 1. The van der Waals surface area contributed by atoms with Crippen LogP contribution in [0.2, 0.25) is 0 Å². The van der Waals surface area contributed by atoms with E-state index in [4.69, 9.17) is 0 Å². The highest BCUT2D eigenvalue weighted by molar-refractivity contribution is 9.10. The molecule has 96 valence electrons. The number of nitrogens with zero attached hydrogens (tertiary/aromatic N) is 2. The zero-order valence-corrected chi connectivity index (χ0v) is 11.9. The molecule has 0 aliphatic rings. The van der Waals surface area contributed by atoms with Crippen molar-refractivity contribution < 1.29 is 4.39 Å². The van der Waals surface area contributed by atoms with E-state index < -0.39 is 0 Å². The van der Waals surface area contributed by atoms with E-state index in [0.717, 1.165) is 15.9 Å². The van der Waals surface area contributed by atoms with Crippen LogP contribution in [0.4, 0.5) is 10.2 Å². The fraction of sp³-hybridized carbons (Fsp3) is 0.308. The first-order valence-corrected chi connectivity index (χ1v) is 6.58. The monoisotopic (exact) mass is 311 g/mol. The molecule has 18 heavy (non-hydrogen) atoms. The molecule has 0 aliphatic heterocycles. The van der Waals surface area contributed by atoms with Crippen LogP contribution in [-0.2, 0) is 6.54 Å². The van der Waals surface area contributed by atoms with E-state index in [1.165, 1.54) is 12.1 Å². The third-order valence-electron chi connectivity index (χ3n) is 2.61. The normalized spacial score (nSPS) is 10.9. The summed E-state index contributed by atoms with van der Waals surface area (Å²) >= 11 is 3.40. The topological polar surface area (TPSA) is 29.9 Å². The van der Waals surface area contributed by atoms with E-state index in [0.29, 0.717) is 12.6 Å². The van der Waals surface area contributed by atoms with Gasteiger partial charge >= 0.3 is 0 Å². The van der Waals surface area contributed by atoms with Crippen molar-refractivity contribution in [1.29, 1.82) is 0 Å². The maximum Gasteiger partial charge on any atom is 0.148 e. The Labute approximate surface area is 114 Å². The molecule has 0 spiro atoms. The lowest BCUT2D eigenvalue weighted by molar-refractivity contribution is 0.534. The Morgan fingerprint density at radius 1 is 1.39 bits per heavy atom. The molecule has 1 N–H and O–H groups in total. The summed E-state index contributed by atoms with van der Waals surface area (Å²) in [5.74, 6) is 0.558. The van der Waals surface area contributed by atoms with Gasteiger partial charge in [0.15, 0.2) is 0 Å². The second-order valence-electron chi connectivity index (χ2n) is 4.36. The van der Waals surface area contributed by atoms with Gasteiger partial charge < -0.3 is 5.32 Å². The van der Waals surface area contributed by atoms with E-state index in [1.807, 2.05) is 16.9 Å². The van der Waals surface area contributed by atoms with Gasteiger partial charge in [0.05, 0.1) is 0 Å². The SMILES string of the molecule is CC(C)n1ccc(NCc2cc(F)ccc2Br)n1. The molecule has 2 rings (SSSR count). The molecule has 0 unspecified atom stereocenters. The van der Waals surface area contributed by atoms with Crippen molar-refractivity contribution in [3.8, 4) is 0 Å². The number of nitrogens with one attached hydrogen (secondary N) is 1. The zero-order valence-electron chi connectivity index (χ0n) is 10.3. The molecule has 0 aliphatic carbocycles. The van der Waals surface area contributed by atoms with Gasteiger partial charge in [-0.3, -0.25) is 4.68 Å². The fourth-order valence-electron chi connectivity index (χ4n) is 1.58. The predicted molar refractivity (Wildman–Crippen MR) is 74.0 cm³/mol. The molecule has 0 radical (unpaired) electrons. The molecule has 0 fully saturated rings. The molecule has 0 saturated heterocycles. The first-order valence-electron chi connectivity index (χ1n) is 5.79. The Balaban J connectivity index is 2.04. The molecule has 3 nitrogen and oxygen atoms in total. The molecular formula is C13H15BrFN3. The summed E-state index contributed by atoms with van der Waals surface area (Å²) in [5, 5.41) is 7.55. The number of rotatable bonds is 4. The highest BCUT2D eigenvalue weighted by atomic mass is 79.9. The van der Waals surface area contributed by atoms with Crippen molar-refractivity contribution in [3.05, 3.63) is 46.3 Å². The van der Waals surface area contributed by atoms with Crippen LogP contribution < -0.4 is 5.32 Å². The van der Waals surface area contributed by atoms with Crippen LogP contribution in [0.3, 0.4) is 0 Å². The van der Waals surface area contributed by atoms with Gasteiger partial charge in [-0.2, -0.15) is 5.10 Å². The number of benzene rings is 1. The Bertz CT molecular complexity index is 537. The van der Waals surface area contributed by atoms with Crippen LogP contribution in [0.1, 0.15) is 25.5 Å². The quantitative estimate of drug-likeness (QED) is 0.925. The van der Waals surface area contributed by atoms with Crippen molar-refractivity contribution in [3.63, 3.8) is 0 Å². The molecule has 2 aromatic rings. The Morgan fingerprint density at radius 2 is 2.17 bits per heavy atom. The minimum absolute atomic E-state index is 0.234. The van der Waals surface area contributed by atoms with E-state index in [-0.39, 0.29) is 5.82 Å². The second kappa shape index (κ2) is 5.52. The number of hydrogen-bond acceptors (Lipinski definition) is 2. The molecule has 0 atom stereocenters. The average molecular weight is 312 g/mol. The molecule has 1 heterocycles. The summed E-state index contributed by atoms with van der Waals surface area (Å²) < 4.78 is 15.9. The summed E-state index contributed by atoms with van der Waals surface area (Å²) in [6.45, 7) is 4.67. The number of aromatic nitrogens is 2. The third kappa shape index (κ3) is 3.10. The summed E-state index contributed by atoms with van der Waals surface area (Å²) in [6.07, 6.45) is 1.92. The van der Waals surface area contributed by atoms with Gasteiger partial charge in [0.25, 0.3) is 0 Å². The first kappa shape index (κ1) is 13.1. The Morgan fingerprint density at radius 3 is 2.83 bits per heavy atom. The first-order chi connectivity index (χ1) is 8.56. The summed E-state index contributed by atoms with van der Waals surface area (Å²) in [6, 6.07) is 6.89. The minimum atomic E-state index is -0.234. The van der Waals surface area contributed by atoms with Crippen LogP contribution in [0.15, 0.2) is 34.9 Å². The van der Waals surface area contributed by atoms with Gasteiger partial charge in [0, 0.05) is 29.3 Å². The lowest BCUT2D eigenvalue weighted by atomic mass is 10.2. The standard InChI is InChI=1S/C13H15BrFN3/c1-9(2)18-6-5-13(17-18)16-8-10-7-11(15)3-4-12(10)14/h3-7,9H,8H2,1-2H3,(H,16,17). The highest BCUT2D eigenvalue weighted by Crippen LogP contribution is 2.19. The van der Waals surface area contributed by atoms with Gasteiger partial charge in [-0.25, -0.2) is 4.39 Å². The van der Waals surface area contributed by atoms with Crippen LogP contribution >= 0.6 is 15.9 Å². The van der Waals surface area contributed by atoms with E-state index in [9.17, 15) is 4.39 Å². The number of halogens is 2. The molecule has 5 heteroatoms. The van der Waals surface area contributed by atoms with Crippen LogP contribution in [0.5, 0.6) is 0 Å². The second-order valence-corrected chi connectivity index (χ2v) is 5.22. The summed E-state index contributed by atoms with van der Waals surface area (Å²) in [4.78, 5) is 0. The molecule has 1 aromatic heterocycles. The average Bonchev–Trinajstić information content (AvgIpc) is 2.79. The molecule has 0 saturated carbocycles. The van der Waals surface area contributed by atoms with Crippen molar-refractivity contribution >= 4 is 21.7 Å². The lowest BCUT2D eigenvalue weighted by Gasteiger charge is -2.07. The Hall–Kier alpha value is -1.36.